The maximum atomic E-state index is 4.27. The predicted octanol–water partition coefficient (Wildman–Crippen LogP) is 3.20. The number of hydrogen-bond donors (Lipinski definition) is 0. The summed E-state index contributed by atoms with van der Waals surface area (Å²) in [6.07, 6.45) is 0.814. The Kier molecular flexibility index (Phi) is 2.93. The van der Waals surface area contributed by atoms with Gasteiger partial charge in [-0.15, -0.1) is 0 Å². The van der Waals surface area contributed by atoms with Gasteiger partial charge in [0.15, 0.2) is 3.92 Å². The van der Waals surface area contributed by atoms with Crippen molar-refractivity contribution in [3.8, 4) is 0 Å². The summed E-state index contributed by atoms with van der Waals surface area (Å²) in [5, 5.41) is 0. The van der Waals surface area contributed by atoms with Crippen LogP contribution in [-0.4, -0.2) is 9.36 Å². The topological polar surface area (TPSA) is 25.8 Å². The summed E-state index contributed by atoms with van der Waals surface area (Å²) in [5.41, 5.74) is 2.58. The summed E-state index contributed by atoms with van der Waals surface area (Å²) in [5.74, 6) is 0.885. The lowest BCUT2D eigenvalue weighted by atomic mass is 10.1. The van der Waals surface area contributed by atoms with Crippen molar-refractivity contribution in [2.75, 3.05) is 0 Å². The van der Waals surface area contributed by atoms with Crippen LogP contribution < -0.4 is 0 Å². The highest BCUT2D eigenvalue weighted by Crippen LogP contribution is 2.16. The average Bonchev–Trinajstić information content (AvgIpc) is 2.56. The second-order valence-electron chi connectivity index (χ2n) is 3.07. The molecule has 0 amide bonds. The molecule has 1 aromatic heterocycles. The van der Waals surface area contributed by atoms with Crippen LogP contribution in [0.1, 0.15) is 17.0 Å². The number of hydrogen-bond acceptors (Lipinski definition) is 3. The fourth-order valence-electron chi connectivity index (χ4n) is 1.28. The minimum atomic E-state index is 0.814. The Hall–Kier alpha value is -0.740. The third kappa shape index (κ3) is 2.19. The van der Waals surface area contributed by atoms with Gasteiger partial charge in [-0.25, -0.2) is 4.98 Å². The first-order valence-electron chi connectivity index (χ1n) is 4.28. The Labute approximate surface area is 95.3 Å². The number of benzene rings is 1. The Morgan fingerprint density at radius 3 is 2.79 bits per heavy atom. The predicted molar refractivity (Wildman–Crippen MR) is 61.6 cm³/mol. The van der Waals surface area contributed by atoms with Crippen molar-refractivity contribution in [2.45, 2.75) is 13.3 Å². The van der Waals surface area contributed by atoms with E-state index in [1.165, 1.54) is 22.7 Å². The summed E-state index contributed by atoms with van der Waals surface area (Å²) < 4.78 is 5.08. The molecular formula is C10H9BrN2S. The van der Waals surface area contributed by atoms with Crippen LogP contribution in [0.25, 0.3) is 0 Å². The van der Waals surface area contributed by atoms with E-state index in [1.54, 1.807) is 0 Å². The van der Waals surface area contributed by atoms with Gasteiger partial charge in [-0.05, 0) is 45.5 Å². The molecule has 0 N–H and O–H groups in total. The van der Waals surface area contributed by atoms with E-state index >= 15 is 0 Å². The Morgan fingerprint density at radius 1 is 1.36 bits per heavy atom. The zero-order valence-corrected chi connectivity index (χ0v) is 10.1. The number of halogens is 1. The molecule has 0 saturated heterocycles. The van der Waals surface area contributed by atoms with Gasteiger partial charge in [0.05, 0.1) is 0 Å². The summed E-state index contributed by atoms with van der Waals surface area (Å²) in [6.45, 7) is 2.11. The van der Waals surface area contributed by atoms with Gasteiger partial charge in [-0.3, -0.25) is 0 Å². The van der Waals surface area contributed by atoms with Crippen LogP contribution in [0.5, 0.6) is 0 Å². The largest absolute Gasteiger partial charge is 0.212 e. The minimum absolute atomic E-state index is 0.814. The molecule has 4 heteroatoms. The highest BCUT2D eigenvalue weighted by atomic mass is 79.9. The molecule has 0 unspecified atom stereocenters. The molecule has 0 fully saturated rings. The first-order chi connectivity index (χ1) is 6.75. The average molecular weight is 269 g/mol. The molecule has 0 atom stereocenters. The summed E-state index contributed by atoms with van der Waals surface area (Å²) in [6, 6.07) is 8.31. The second kappa shape index (κ2) is 4.19. The minimum Gasteiger partial charge on any atom is -0.212 e. The Morgan fingerprint density at radius 2 is 2.14 bits per heavy atom. The van der Waals surface area contributed by atoms with Crippen LogP contribution in [0.4, 0.5) is 0 Å². The summed E-state index contributed by atoms with van der Waals surface area (Å²) in [7, 11) is 0. The molecule has 0 radical (unpaired) electrons. The van der Waals surface area contributed by atoms with Crippen LogP contribution in [0.3, 0.4) is 0 Å². The number of rotatable bonds is 2. The van der Waals surface area contributed by atoms with E-state index in [4.69, 9.17) is 0 Å². The van der Waals surface area contributed by atoms with Gasteiger partial charge in [0, 0.05) is 6.42 Å². The van der Waals surface area contributed by atoms with Crippen LogP contribution >= 0.6 is 27.5 Å². The monoisotopic (exact) mass is 268 g/mol. The first kappa shape index (κ1) is 9.80. The molecule has 1 aromatic carbocycles. The van der Waals surface area contributed by atoms with Crippen molar-refractivity contribution in [2.24, 2.45) is 0 Å². The molecule has 72 valence electrons. The molecule has 2 aromatic rings. The van der Waals surface area contributed by atoms with Crippen LogP contribution in [0.15, 0.2) is 28.2 Å². The van der Waals surface area contributed by atoms with Crippen molar-refractivity contribution in [3.05, 3.63) is 45.1 Å². The standard InChI is InChI=1S/C10H9BrN2S/c1-7-4-2-3-5-8(7)6-9-12-10(11)14-13-9/h2-5H,6H2,1H3. The molecular weight excluding hydrogens is 260 g/mol. The second-order valence-corrected chi connectivity index (χ2v) is 5.09. The van der Waals surface area contributed by atoms with Crippen molar-refractivity contribution in [1.29, 1.82) is 0 Å². The number of aryl methyl sites for hydroxylation is 1. The van der Waals surface area contributed by atoms with E-state index in [0.29, 0.717) is 0 Å². The van der Waals surface area contributed by atoms with Gasteiger partial charge < -0.3 is 0 Å². The van der Waals surface area contributed by atoms with E-state index in [-0.39, 0.29) is 0 Å². The molecule has 0 saturated carbocycles. The van der Waals surface area contributed by atoms with E-state index in [9.17, 15) is 0 Å². The lowest BCUT2D eigenvalue weighted by Gasteiger charge is -2.01. The van der Waals surface area contributed by atoms with E-state index < -0.39 is 0 Å². The molecule has 2 nitrogen and oxygen atoms in total. The third-order valence-electron chi connectivity index (χ3n) is 2.05. The maximum absolute atomic E-state index is 4.27. The normalized spacial score (nSPS) is 10.4. The highest BCUT2D eigenvalue weighted by Gasteiger charge is 2.04. The van der Waals surface area contributed by atoms with Crippen molar-refractivity contribution in [3.63, 3.8) is 0 Å². The molecule has 0 bridgehead atoms. The van der Waals surface area contributed by atoms with Gasteiger partial charge in [-0.2, -0.15) is 4.37 Å². The number of nitrogens with zero attached hydrogens (tertiary/aromatic N) is 2. The quantitative estimate of drug-likeness (QED) is 0.836. The molecule has 2 rings (SSSR count). The Balaban J connectivity index is 2.23. The zero-order valence-electron chi connectivity index (χ0n) is 7.70. The van der Waals surface area contributed by atoms with Gasteiger partial charge >= 0.3 is 0 Å². The zero-order chi connectivity index (χ0) is 9.97. The van der Waals surface area contributed by atoms with E-state index in [1.807, 2.05) is 12.1 Å². The summed E-state index contributed by atoms with van der Waals surface area (Å²) >= 11 is 4.69. The molecule has 0 aliphatic heterocycles. The van der Waals surface area contributed by atoms with E-state index in [2.05, 4.69) is 44.3 Å². The van der Waals surface area contributed by atoms with Gasteiger partial charge in [0.1, 0.15) is 5.82 Å². The van der Waals surface area contributed by atoms with Crippen LogP contribution in [0, 0.1) is 6.92 Å². The number of aromatic nitrogens is 2. The van der Waals surface area contributed by atoms with Crippen molar-refractivity contribution in [1.82, 2.24) is 9.36 Å². The van der Waals surface area contributed by atoms with Crippen LogP contribution in [0.2, 0.25) is 0 Å². The van der Waals surface area contributed by atoms with Crippen molar-refractivity contribution >= 4 is 27.5 Å². The first-order valence-corrected chi connectivity index (χ1v) is 5.85. The lowest BCUT2D eigenvalue weighted by Crippen LogP contribution is -1.92. The highest BCUT2D eigenvalue weighted by molar-refractivity contribution is 9.11. The van der Waals surface area contributed by atoms with Crippen LogP contribution in [-0.2, 0) is 6.42 Å². The van der Waals surface area contributed by atoms with Gasteiger partial charge in [0.2, 0.25) is 0 Å². The van der Waals surface area contributed by atoms with Crippen molar-refractivity contribution < 1.29 is 0 Å². The fourth-order valence-corrected chi connectivity index (χ4v) is 2.14. The fraction of sp³-hybridized carbons (Fsp3) is 0.200. The molecule has 0 spiro atoms. The molecule has 0 aliphatic carbocycles. The smallest absolute Gasteiger partial charge is 0.179 e. The third-order valence-corrected chi connectivity index (χ3v) is 3.21. The summed E-state index contributed by atoms with van der Waals surface area (Å²) in [4.78, 5) is 4.27. The molecule has 1 heterocycles. The Bertz CT molecular complexity index is 439. The van der Waals surface area contributed by atoms with E-state index in [0.717, 1.165) is 16.2 Å². The van der Waals surface area contributed by atoms with Gasteiger partial charge in [0.25, 0.3) is 0 Å². The maximum Gasteiger partial charge on any atom is 0.179 e. The van der Waals surface area contributed by atoms with Gasteiger partial charge in [-0.1, -0.05) is 24.3 Å². The molecule has 0 aliphatic rings. The molecule has 14 heavy (non-hydrogen) atoms. The lowest BCUT2D eigenvalue weighted by molar-refractivity contribution is 1.02. The SMILES string of the molecule is Cc1ccccc1Cc1nsc(Br)n1.